The third-order valence-electron chi connectivity index (χ3n) is 4.48. The number of morpholine rings is 1. The molecule has 0 aliphatic carbocycles. The Bertz CT molecular complexity index is 962. The van der Waals surface area contributed by atoms with Gasteiger partial charge in [-0.1, -0.05) is 35.5 Å². The molecule has 3 aromatic rings. The summed E-state index contributed by atoms with van der Waals surface area (Å²) in [4.78, 5) is 14.2. The SMILES string of the molecule is Cc1onc(-c2ccccc2)c1COc1cc(C(=O)N2CCOCC2)[nH]n1.[CH3][Al]([CH3])[CH3]. The van der Waals surface area contributed by atoms with Gasteiger partial charge in [0.25, 0.3) is 20.1 Å². The van der Waals surface area contributed by atoms with Gasteiger partial charge < -0.3 is 18.9 Å². The summed E-state index contributed by atoms with van der Waals surface area (Å²) in [5, 5.41) is 11.0. The van der Waals surface area contributed by atoms with E-state index in [1.165, 1.54) is 0 Å². The number of carbonyl (C=O) groups excluding carboxylic acids is 1. The molecule has 164 valence electrons. The summed E-state index contributed by atoms with van der Waals surface area (Å²) in [5.41, 5.74) is 2.95. The van der Waals surface area contributed by atoms with Crippen LogP contribution in [0.1, 0.15) is 21.8 Å². The Hall–Kier alpha value is -2.60. The zero-order chi connectivity index (χ0) is 22.2. The van der Waals surface area contributed by atoms with Gasteiger partial charge in [-0.05, 0) is 6.92 Å². The van der Waals surface area contributed by atoms with Crippen molar-refractivity contribution in [2.45, 2.75) is 30.9 Å². The van der Waals surface area contributed by atoms with E-state index in [0.29, 0.717) is 43.6 Å². The highest BCUT2D eigenvalue weighted by Gasteiger charge is 2.21. The van der Waals surface area contributed by atoms with Crippen molar-refractivity contribution in [2.75, 3.05) is 26.3 Å². The van der Waals surface area contributed by atoms with Crippen LogP contribution in [0.4, 0.5) is 0 Å². The van der Waals surface area contributed by atoms with E-state index in [-0.39, 0.29) is 26.7 Å². The third kappa shape index (κ3) is 6.44. The van der Waals surface area contributed by atoms with Crippen LogP contribution in [0, 0.1) is 6.92 Å². The zero-order valence-electron chi connectivity index (χ0n) is 18.6. The van der Waals surface area contributed by atoms with Crippen molar-refractivity contribution in [2.24, 2.45) is 0 Å². The van der Waals surface area contributed by atoms with Crippen molar-refractivity contribution in [3.05, 3.63) is 53.4 Å². The maximum atomic E-state index is 12.5. The number of H-pyrrole nitrogens is 1. The van der Waals surface area contributed by atoms with Crippen molar-refractivity contribution in [1.29, 1.82) is 0 Å². The molecule has 4 rings (SSSR count). The van der Waals surface area contributed by atoms with E-state index in [1.807, 2.05) is 37.3 Å². The maximum Gasteiger partial charge on any atom is 0.272 e. The quantitative estimate of drug-likeness (QED) is 0.607. The second-order valence-corrected chi connectivity index (χ2v) is 11.4. The van der Waals surface area contributed by atoms with Crippen LogP contribution in [0.5, 0.6) is 5.88 Å². The molecule has 0 radical (unpaired) electrons. The predicted molar refractivity (Wildman–Crippen MR) is 120 cm³/mol. The van der Waals surface area contributed by atoms with E-state index in [0.717, 1.165) is 16.8 Å². The number of carbonyl (C=O) groups is 1. The second-order valence-electron chi connectivity index (χ2n) is 7.98. The molecular formula is C22H29AlN4O4. The Morgan fingerprint density at radius 3 is 2.55 bits per heavy atom. The van der Waals surface area contributed by atoms with Crippen LogP contribution in [-0.4, -0.2) is 66.6 Å². The topological polar surface area (TPSA) is 93.5 Å². The number of nitrogens with one attached hydrogen (secondary N) is 1. The fourth-order valence-electron chi connectivity index (χ4n) is 2.95. The third-order valence-corrected chi connectivity index (χ3v) is 4.48. The fraction of sp³-hybridized carbons (Fsp3) is 0.409. The number of rotatable bonds is 5. The van der Waals surface area contributed by atoms with Crippen LogP contribution in [0.3, 0.4) is 0 Å². The molecule has 0 atom stereocenters. The van der Waals surface area contributed by atoms with E-state index < -0.39 is 0 Å². The molecule has 3 heterocycles. The van der Waals surface area contributed by atoms with Crippen molar-refractivity contribution < 1.29 is 18.8 Å². The minimum atomic E-state index is -0.139. The van der Waals surface area contributed by atoms with Gasteiger partial charge in [0.2, 0.25) is 5.88 Å². The van der Waals surface area contributed by atoms with Gasteiger partial charge >= 0.3 is 0 Å². The van der Waals surface area contributed by atoms with Gasteiger partial charge in [-0.25, -0.2) is 0 Å². The highest BCUT2D eigenvalue weighted by atomic mass is 27.2. The highest BCUT2D eigenvalue weighted by Crippen LogP contribution is 2.26. The average Bonchev–Trinajstić information content (AvgIpc) is 3.39. The lowest BCUT2D eigenvalue weighted by Crippen LogP contribution is -2.40. The summed E-state index contributed by atoms with van der Waals surface area (Å²) < 4.78 is 16.4. The van der Waals surface area contributed by atoms with E-state index in [2.05, 4.69) is 32.7 Å². The smallest absolute Gasteiger partial charge is 0.272 e. The number of hydrogen-bond donors (Lipinski definition) is 1. The van der Waals surface area contributed by atoms with Crippen LogP contribution in [0.15, 0.2) is 40.9 Å². The first-order chi connectivity index (χ1) is 15.0. The van der Waals surface area contributed by atoms with Crippen LogP contribution in [0.25, 0.3) is 11.3 Å². The number of nitrogens with zero attached hydrogens (tertiary/aromatic N) is 3. The molecule has 1 aliphatic rings. The lowest BCUT2D eigenvalue weighted by molar-refractivity contribution is 0.0299. The molecule has 0 bridgehead atoms. The molecule has 1 amide bonds. The Balaban J connectivity index is 0.000000628. The summed E-state index contributed by atoms with van der Waals surface area (Å²) in [7, 11) is 0. The normalized spacial score (nSPS) is 13.4. The van der Waals surface area contributed by atoms with Crippen LogP contribution >= 0.6 is 0 Å². The molecule has 9 heteroatoms. The van der Waals surface area contributed by atoms with Gasteiger partial charge in [-0.3, -0.25) is 9.89 Å². The summed E-state index contributed by atoms with van der Waals surface area (Å²) in [6.07, 6.45) is 0. The van der Waals surface area contributed by atoms with Gasteiger partial charge in [0.1, 0.15) is 23.8 Å². The standard InChI is InChI=1S/C19H20N4O4.3CH3.Al/c1-13-15(18(22-27-13)14-5-3-2-4-6-14)12-26-17-11-16(20-21-17)19(24)23-7-9-25-10-8-23;;;;/h2-6,11H,7-10,12H2,1H3,(H,20,21);3*1H3;. The Morgan fingerprint density at radius 2 is 1.87 bits per heavy atom. The van der Waals surface area contributed by atoms with Crippen LogP contribution in [0.2, 0.25) is 17.4 Å². The fourth-order valence-corrected chi connectivity index (χ4v) is 2.95. The molecule has 31 heavy (non-hydrogen) atoms. The van der Waals surface area contributed by atoms with Crippen molar-refractivity contribution >= 4 is 20.1 Å². The lowest BCUT2D eigenvalue weighted by atomic mass is 10.1. The Labute approximate surface area is 186 Å². The minimum absolute atomic E-state index is 0.105. The molecule has 2 aromatic heterocycles. The van der Waals surface area contributed by atoms with Gasteiger partial charge in [0.05, 0.1) is 18.8 Å². The molecule has 1 N–H and O–H groups in total. The summed E-state index contributed by atoms with van der Waals surface area (Å²) >= 11 is -0.139. The Kier molecular flexibility index (Phi) is 8.29. The van der Waals surface area contributed by atoms with E-state index >= 15 is 0 Å². The maximum absolute atomic E-state index is 12.5. The number of aryl methyl sites for hydroxylation is 1. The first kappa shape index (κ1) is 23.1. The molecule has 1 aromatic carbocycles. The number of aromatic nitrogens is 3. The monoisotopic (exact) mass is 440 g/mol. The molecular weight excluding hydrogens is 411 g/mol. The molecule has 8 nitrogen and oxygen atoms in total. The first-order valence-corrected chi connectivity index (χ1v) is 14.0. The molecule has 0 spiro atoms. The molecule has 1 aliphatic heterocycles. The largest absolute Gasteiger partial charge is 0.472 e. The van der Waals surface area contributed by atoms with Crippen molar-refractivity contribution in [3.63, 3.8) is 0 Å². The molecule has 0 saturated carbocycles. The number of ether oxygens (including phenoxy) is 2. The van der Waals surface area contributed by atoms with Crippen LogP contribution < -0.4 is 4.74 Å². The van der Waals surface area contributed by atoms with Gasteiger partial charge in [0.15, 0.2) is 0 Å². The number of hydrogen-bond acceptors (Lipinski definition) is 6. The average molecular weight is 440 g/mol. The van der Waals surface area contributed by atoms with Crippen molar-refractivity contribution in [3.8, 4) is 17.1 Å². The van der Waals surface area contributed by atoms with Gasteiger partial charge in [-0.2, -0.15) is 0 Å². The minimum Gasteiger partial charge on any atom is -0.472 e. The first-order valence-electron chi connectivity index (χ1n) is 10.5. The molecule has 1 saturated heterocycles. The van der Waals surface area contributed by atoms with Crippen molar-refractivity contribution in [1.82, 2.24) is 20.3 Å². The molecule has 0 unspecified atom stereocenters. The van der Waals surface area contributed by atoms with Gasteiger partial charge in [0, 0.05) is 24.7 Å². The zero-order valence-corrected chi connectivity index (χ0v) is 19.7. The number of benzene rings is 1. The summed E-state index contributed by atoms with van der Waals surface area (Å²) in [6, 6.07) is 11.4. The summed E-state index contributed by atoms with van der Waals surface area (Å²) in [5.74, 6) is 7.85. The van der Waals surface area contributed by atoms with E-state index in [4.69, 9.17) is 14.0 Å². The summed E-state index contributed by atoms with van der Waals surface area (Å²) in [6.45, 7) is 4.35. The van der Waals surface area contributed by atoms with E-state index in [9.17, 15) is 4.79 Å². The molecule has 1 fully saturated rings. The second kappa shape index (κ2) is 11.1. The number of amides is 1. The number of aromatic amines is 1. The van der Waals surface area contributed by atoms with E-state index in [1.54, 1.807) is 11.0 Å². The van der Waals surface area contributed by atoms with Gasteiger partial charge in [-0.15, -0.1) is 22.5 Å². The van der Waals surface area contributed by atoms with Crippen LogP contribution in [-0.2, 0) is 11.3 Å². The Morgan fingerprint density at radius 1 is 1.19 bits per heavy atom. The highest BCUT2D eigenvalue weighted by molar-refractivity contribution is 6.54. The predicted octanol–water partition coefficient (Wildman–Crippen LogP) is 3.80. The lowest BCUT2D eigenvalue weighted by Gasteiger charge is -2.26.